The first-order valence-electron chi connectivity index (χ1n) is 8.10. The number of hydrogen-bond donors (Lipinski definition) is 2. The van der Waals surface area contributed by atoms with E-state index in [1.807, 2.05) is 37.3 Å². The highest BCUT2D eigenvalue weighted by atomic mass is 16.5. The number of ether oxygens (including phenoxy) is 2. The van der Waals surface area contributed by atoms with Crippen LogP contribution in [0.15, 0.2) is 30.3 Å². The molecule has 23 heavy (non-hydrogen) atoms. The molecule has 0 radical (unpaired) electrons. The van der Waals surface area contributed by atoms with Crippen molar-refractivity contribution in [2.75, 3.05) is 6.61 Å². The number of carbonyl (C=O) groups is 2. The van der Waals surface area contributed by atoms with Gasteiger partial charge in [0.2, 0.25) is 11.8 Å². The predicted octanol–water partition coefficient (Wildman–Crippen LogP) is 1.01. The molecule has 1 saturated heterocycles. The summed E-state index contributed by atoms with van der Waals surface area (Å²) in [6.45, 7) is 2.55. The van der Waals surface area contributed by atoms with E-state index in [1.165, 1.54) is 0 Å². The summed E-state index contributed by atoms with van der Waals surface area (Å²) in [5.74, 6) is 0.552. The molecule has 6 heteroatoms. The topological polar surface area (TPSA) is 76.7 Å². The standard InChI is InChI=1S/C17H22N2O4/c1-2-22-14-10-13(16(14)23-11-6-4-3-5-7-11)19-17(21)12-8-9-15(20)18-12/h3-7,12-14,16H,2,8-10H2,1H3,(H,18,20)(H,19,21)/t12-,13?,14?,16?/m1/s1. The molecule has 6 nitrogen and oxygen atoms in total. The highest BCUT2D eigenvalue weighted by Crippen LogP contribution is 2.29. The van der Waals surface area contributed by atoms with Gasteiger partial charge in [0.15, 0.2) is 0 Å². The number of nitrogens with one attached hydrogen (secondary N) is 2. The molecule has 2 fully saturated rings. The smallest absolute Gasteiger partial charge is 0.242 e. The minimum atomic E-state index is -0.425. The Morgan fingerprint density at radius 1 is 1.35 bits per heavy atom. The third kappa shape index (κ3) is 3.64. The number of carbonyl (C=O) groups excluding carboxylic acids is 2. The summed E-state index contributed by atoms with van der Waals surface area (Å²) in [5, 5.41) is 5.66. The van der Waals surface area contributed by atoms with Crippen LogP contribution in [-0.2, 0) is 14.3 Å². The van der Waals surface area contributed by atoms with Crippen LogP contribution in [0.5, 0.6) is 5.75 Å². The fourth-order valence-corrected chi connectivity index (χ4v) is 3.01. The second kappa shape index (κ2) is 7.00. The summed E-state index contributed by atoms with van der Waals surface area (Å²) in [7, 11) is 0. The zero-order valence-electron chi connectivity index (χ0n) is 13.2. The van der Waals surface area contributed by atoms with Crippen LogP contribution in [0.2, 0.25) is 0 Å². The Balaban J connectivity index is 1.59. The molecule has 124 valence electrons. The zero-order chi connectivity index (χ0) is 16.2. The van der Waals surface area contributed by atoms with Gasteiger partial charge in [-0.2, -0.15) is 0 Å². The first-order valence-corrected chi connectivity index (χ1v) is 8.10. The molecule has 3 unspecified atom stereocenters. The second-order valence-electron chi connectivity index (χ2n) is 5.90. The molecule has 1 aromatic carbocycles. The van der Waals surface area contributed by atoms with Crippen LogP contribution in [0.4, 0.5) is 0 Å². The molecule has 1 aromatic rings. The fourth-order valence-electron chi connectivity index (χ4n) is 3.01. The number of para-hydroxylation sites is 1. The number of rotatable bonds is 6. The predicted molar refractivity (Wildman–Crippen MR) is 84.0 cm³/mol. The molecule has 2 amide bonds. The van der Waals surface area contributed by atoms with Crippen molar-refractivity contribution in [2.45, 2.75) is 50.5 Å². The average Bonchev–Trinajstić information content (AvgIpc) is 2.99. The Morgan fingerprint density at radius 2 is 2.13 bits per heavy atom. The molecule has 1 aliphatic heterocycles. The first-order chi connectivity index (χ1) is 11.2. The van der Waals surface area contributed by atoms with E-state index >= 15 is 0 Å². The van der Waals surface area contributed by atoms with Crippen molar-refractivity contribution in [1.82, 2.24) is 10.6 Å². The Kier molecular flexibility index (Phi) is 4.81. The summed E-state index contributed by atoms with van der Waals surface area (Å²) in [6, 6.07) is 8.99. The minimum Gasteiger partial charge on any atom is -0.486 e. The lowest BCUT2D eigenvalue weighted by Crippen LogP contribution is -2.64. The van der Waals surface area contributed by atoms with Crippen LogP contribution in [0.25, 0.3) is 0 Å². The van der Waals surface area contributed by atoms with E-state index in [-0.39, 0.29) is 30.1 Å². The number of amides is 2. The van der Waals surface area contributed by atoms with Crippen LogP contribution >= 0.6 is 0 Å². The zero-order valence-corrected chi connectivity index (χ0v) is 13.2. The van der Waals surface area contributed by atoms with Crippen molar-refractivity contribution in [2.24, 2.45) is 0 Å². The summed E-state index contributed by atoms with van der Waals surface area (Å²) >= 11 is 0. The van der Waals surface area contributed by atoms with Gasteiger partial charge < -0.3 is 20.1 Å². The van der Waals surface area contributed by atoms with E-state index < -0.39 is 6.04 Å². The Morgan fingerprint density at radius 3 is 2.78 bits per heavy atom. The molecule has 0 aromatic heterocycles. The van der Waals surface area contributed by atoms with Crippen molar-refractivity contribution < 1.29 is 19.1 Å². The van der Waals surface area contributed by atoms with Gasteiger partial charge in [0.25, 0.3) is 0 Å². The minimum absolute atomic E-state index is 0.0244. The molecule has 1 aliphatic carbocycles. The van der Waals surface area contributed by atoms with E-state index in [0.717, 1.165) is 12.2 Å². The van der Waals surface area contributed by atoms with E-state index in [2.05, 4.69) is 10.6 Å². The third-order valence-electron chi connectivity index (χ3n) is 4.28. The highest BCUT2D eigenvalue weighted by molar-refractivity contribution is 5.91. The van der Waals surface area contributed by atoms with Gasteiger partial charge in [-0.05, 0) is 25.5 Å². The fraction of sp³-hybridized carbons (Fsp3) is 0.529. The van der Waals surface area contributed by atoms with Gasteiger partial charge in [-0.1, -0.05) is 18.2 Å². The van der Waals surface area contributed by atoms with Gasteiger partial charge in [0, 0.05) is 19.4 Å². The molecule has 1 saturated carbocycles. The summed E-state index contributed by atoms with van der Waals surface area (Å²) in [6.07, 6.45) is 1.45. The van der Waals surface area contributed by atoms with Gasteiger partial charge >= 0.3 is 0 Å². The average molecular weight is 318 g/mol. The second-order valence-corrected chi connectivity index (χ2v) is 5.90. The maximum atomic E-state index is 12.2. The SMILES string of the molecule is CCOC1CC(NC(=O)[C@H]2CCC(=O)N2)C1Oc1ccccc1. The van der Waals surface area contributed by atoms with Crippen molar-refractivity contribution in [3.05, 3.63) is 30.3 Å². The van der Waals surface area contributed by atoms with Gasteiger partial charge in [-0.15, -0.1) is 0 Å². The van der Waals surface area contributed by atoms with Crippen molar-refractivity contribution in [3.63, 3.8) is 0 Å². The number of hydrogen-bond acceptors (Lipinski definition) is 4. The molecule has 1 heterocycles. The highest BCUT2D eigenvalue weighted by Gasteiger charge is 2.45. The molecule has 4 atom stereocenters. The Hall–Kier alpha value is -2.08. The molecular formula is C17H22N2O4. The molecule has 2 N–H and O–H groups in total. The van der Waals surface area contributed by atoms with E-state index in [9.17, 15) is 9.59 Å². The van der Waals surface area contributed by atoms with Gasteiger partial charge in [0.1, 0.15) is 17.9 Å². The first kappa shape index (κ1) is 15.8. The van der Waals surface area contributed by atoms with Crippen LogP contribution in [0, 0.1) is 0 Å². The van der Waals surface area contributed by atoms with Crippen LogP contribution in [0.3, 0.4) is 0 Å². The molecule has 3 rings (SSSR count). The lowest BCUT2D eigenvalue weighted by atomic mass is 9.84. The van der Waals surface area contributed by atoms with Gasteiger partial charge in [-0.3, -0.25) is 9.59 Å². The summed E-state index contributed by atoms with van der Waals surface area (Å²) in [5.41, 5.74) is 0. The quantitative estimate of drug-likeness (QED) is 0.820. The number of benzene rings is 1. The van der Waals surface area contributed by atoms with Gasteiger partial charge in [-0.25, -0.2) is 0 Å². The van der Waals surface area contributed by atoms with Crippen LogP contribution in [0.1, 0.15) is 26.2 Å². The Bertz CT molecular complexity index is 563. The van der Waals surface area contributed by atoms with Crippen molar-refractivity contribution >= 4 is 11.8 Å². The van der Waals surface area contributed by atoms with Crippen LogP contribution in [-0.4, -0.2) is 42.7 Å². The third-order valence-corrected chi connectivity index (χ3v) is 4.28. The largest absolute Gasteiger partial charge is 0.486 e. The lowest BCUT2D eigenvalue weighted by Gasteiger charge is -2.44. The van der Waals surface area contributed by atoms with E-state index in [0.29, 0.717) is 19.4 Å². The molecule has 0 bridgehead atoms. The van der Waals surface area contributed by atoms with Crippen LogP contribution < -0.4 is 15.4 Å². The maximum Gasteiger partial charge on any atom is 0.242 e. The normalized spacial score (nSPS) is 29.5. The summed E-state index contributed by atoms with van der Waals surface area (Å²) in [4.78, 5) is 23.5. The summed E-state index contributed by atoms with van der Waals surface area (Å²) < 4.78 is 11.7. The maximum absolute atomic E-state index is 12.2. The lowest BCUT2D eigenvalue weighted by molar-refractivity contribution is -0.134. The monoisotopic (exact) mass is 318 g/mol. The van der Waals surface area contributed by atoms with Crippen molar-refractivity contribution in [1.29, 1.82) is 0 Å². The van der Waals surface area contributed by atoms with E-state index in [4.69, 9.17) is 9.47 Å². The van der Waals surface area contributed by atoms with Gasteiger partial charge in [0.05, 0.1) is 12.1 Å². The van der Waals surface area contributed by atoms with E-state index in [1.54, 1.807) is 0 Å². The molecule has 2 aliphatic rings. The molecule has 0 spiro atoms. The van der Waals surface area contributed by atoms with Crippen molar-refractivity contribution in [3.8, 4) is 5.75 Å². The molecular weight excluding hydrogens is 296 g/mol. The Labute approximate surface area is 135 Å².